The molecule has 1 aliphatic heterocycles. The first-order valence-electron chi connectivity index (χ1n) is 7.07. The number of carbonyl (C=O) groups is 1. The number of amides is 1. The number of benzene rings is 1. The van der Waals surface area contributed by atoms with E-state index in [2.05, 4.69) is 27.8 Å². The SMILES string of the molecule is Cl.O=C(NCC1NCCc2ccccc21)c1cc([N+](=O)[O-])c[nH]1. The Morgan fingerprint density at radius 3 is 2.91 bits per heavy atom. The molecule has 0 fully saturated rings. The number of fused-ring (bicyclic) bond motifs is 1. The summed E-state index contributed by atoms with van der Waals surface area (Å²) in [5, 5.41) is 16.8. The van der Waals surface area contributed by atoms with Gasteiger partial charge in [0.05, 0.1) is 11.1 Å². The molecule has 1 amide bonds. The van der Waals surface area contributed by atoms with Crippen LogP contribution in [0.15, 0.2) is 36.5 Å². The number of hydrogen-bond acceptors (Lipinski definition) is 4. The number of H-pyrrole nitrogens is 1. The van der Waals surface area contributed by atoms with Gasteiger partial charge in [0.25, 0.3) is 11.6 Å². The van der Waals surface area contributed by atoms with Crippen LogP contribution in [0.3, 0.4) is 0 Å². The van der Waals surface area contributed by atoms with E-state index in [0.29, 0.717) is 6.54 Å². The Kier molecular flexibility index (Phi) is 5.36. The van der Waals surface area contributed by atoms with Crippen molar-refractivity contribution in [2.24, 2.45) is 0 Å². The maximum absolute atomic E-state index is 12.0. The third kappa shape index (κ3) is 3.69. The molecule has 3 N–H and O–H groups in total. The van der Waals surface area contributed by atoms with Crippen LogP contribution in [0.25, 0.3) is 0 Å². The van der Waals surface area contributed by atoms with Gasteiger partial charge in [-0.1, -0.05) is 24.3 Å². The lowest BCUT2D eigenvalue weighted by atomic mass is 9.94. The molecule has 3 rings (SSSR count). The molecule has 1 aliphatic rings. The molecule has 0 aliphatic carbocycles. The minimum Gasteiger partial charge on any atom is -0.351 e. The number of nitro groups is 1. The van der Waals surface area contributed by atoms with E-state index in [1.807, 2.05) is 12.1 Å². The molecular formula is C15H17ClN4O3. The van der Waals surface area contributed by atoms with Gasteiger partial charge in [0.15, 0.2) is 0 Å². The van der Waals surface area contributed by atoms with Crippen molar-refractivity contribution < 1.29 is 9.72 Å². The van der Waals surface area contributed by atoms with Crippen LogP contribution < -0.4 is 10.6 Å². The Morgan fingerprint density at radius 1 is 1.39 bits per heavy atom. The molecule has 1 aromatic carbocycles. The van der Waals surface area contributed by atoms with Crippen molar-refractivity contribution in [2.45, 2.75) is 12.5 Å². The van der Waals surface area contributed by atoms with Gasteiger partial charge in [0, 0.05) is 18.7 Å². The van der Waals surface area contributed by atoms with Crippen molar-refractivity contribution in [1.29, 1.82) is 0 Å². The highest BCUT2D eigenvalue weighted by atomic mass is 35.5. The number of aromatic amines is 1. The van der Waals surface area contributed by atoms with Crippen molar-refractivity contribution >= 4 is 24.0 Å². The van der Waals surface area contributed by atoms with Crippen molar-refractivity contribution in [1.82, 2.24) is 15.6 Å². The van der Waals surface area contributed by atoms with E-state index < -0.39 is 4.92 Å². The monoisotopic (exact) mass is 336 g/mol. The second-order valence-corrected chi connectivity index (χ2v) is 5.19. The van der Waals surface area contributed by atoms with Crippen LogP contribution in [-0.2, 0) is 6.42 Å². The summed E-state index contributed by atoms with van der Waals surface area (Å²) in [6.07, 6.45) is 2.19. The molecule has 122 valence electrons. The number of rotatable bonds is 4. The molecule has 0 spiro atoms. The van der Waals surface area contributed by atoms with Crippen LogP contribution in [-0.4, -0.2) is 28.9 Å². The summed E-state index contributed by atoms with van der Waals surface area (Å²) < 4.78 is 0. The molecular weight excluding hydrogens is 320 g/mol. The Hall–Kier alpha value is -2.38. The maximum atomic E-state index is 12.0. The van der Waals surface area contributed by atoms with Gasteiger partial charge in [-0.25, -0.2) is 0 Å². The molecule has 2 aromatic rings. The molecule has 1 unspecified atom stereocenters. The van der Waals surface area contributed by atoms with Crippen LogP contribution in [0.1, 0.15) is 27.7 Å². The van der Waals surface area contributed by atoms with Crippen LogP contribution in [0.2, 0.25) is 0 Å². The lowest BCUT2D eigenvalue weighted by molar-refractivity contribution is -0.384. The first kappa shape index (κ1) is 17.0. The summed E-state index contributed by atoms with van der Waals surface area (Å²) in [6, 6.07) is 9.43. The van der Waals surface area contributed by atoms with Crippen LogP contribution in [0, 0.1) is 10.1 Å². The molecule has 2 heterocycles. The van der Waals surface area contributed by atoms with Crippen LogP contribution in [0.5, 0.6) is 0 Å². The summed E-state index contributed by atoms with van der Waals surface area (Å²) in [6.45, 7) is 1.30. The fourth-order valence-corrected chi connectivity index (χ4v) is 2.68. The topological polar surface area (TPSA) is 100 Å². The number of nitrogens with zero attached hydrogens (tertiary/aromatic N) is 1. The molecule has 1 aromatic heterocycles. The standard InChI is InChI=1S/C15H16N4O3.ClH/c20-15(13-7-11(8-17-13)19(21)22)18-9-14-12-4-2-1-3-10(12)5-6-16-14;/h1-4,7-8,14,16-17H,5-6,9H2,(H,18,20);1H. The highest BCUT2D eigenvalue weighted by molar-refractivity contribution is 5.93. The Labute approximate surface area is 139 Å². The quantitative estimate of drug-likeness (QED) is 0.587. The van der Waals surface area contributed by atoms with Crippen LogP contribution in [0.4, 0.5) is 5.69 Å². The van der Waals surface area contributed by atoms with E-state index >= 15 is 0 Å². The fourth-order valence-electron chi connectivity index (χ4n) is 2.68. The Balaban J connectivity index is 0.00000192. The van der Waals surface area contributed by atoms with Gasteiger partial charge in [-0.15, -0.1) is 12.4 Å². The van der Waals surface area contributed by atoms with E-state index in [9.17, 15) is 14.9 Å². The highest BCUT2D eigenvalue weighted by Crippen LogP contribution is 2.22. The average molecular weight is 337 g/mol. The highest BCUT2D eigenvalue weighted by Gasteiger charge is 2.20. The van der Waals surface area contributed by atoms with Crippen molar-refractivity contribution in [3.8, 4) is 0 Å². The second kappa shape index (κ2) is 7.26. The van der Waals surface area contributed by atoms with E-state index in [0.717, 1.165) is 13.0 Å². The van der Waals surface area contributed by atoms with Crippen molar-refractivity contribution in [3.63, 3.8) is 0 Å². The number of halogens is 1. The van der Waals surface area contributed by atoms with E-state index in [-0.39, 0.29) is 35.7 Å². The van der Waals surface area contributed by atoms with Crippen molar-refractivity contribution in [2.75, 3.05) is 13.1 Å². The van der Waals surface area contributed by atoms with E-state index in [1.165, 1.54) is 23.4 Å². The summed E-state index contributed by atoms with van der Waals surface area (Å²) in [4.78, 5) is 24.7. The van der Waals surface area contributed by atoms with Gasteiger partial charge in [-0.2, -0.15) is 0 Å². The molecule has 1 atom stereocenters. The zero-order valence-corrected chi connectivity index (χ0v) is 13.1. The zero-order valence-electron chi connectivity index (χ0n) is 12.2. The molecule has 7 nitrogen and oxygen atoms in total. The van der Waals surface area contributed by atoms with Gasteiger partial charge in [-0.3, -0.25) is 14.9 Å². The Bertz CT molecular complexity index is 716. The first-order chi connectivity index (χ1) is 10.6. The molecule has 0 bridgehead atoms. The number of nitrogens with one attached hydrogen (secondary N) is 3. The summed E-state index contributed by atoms with van der Waals surface area (Å²) in [5.74, 6) is -0.349. The zero-order chi connectivity index (χ0) is 15.5. The Morgan fingerprint density at radius 2 is 2.17 bits per heavy atom. The lowest BCUT2D eigenvalue weighted by Crippen LogP contribution is -2.38. The summed E-state index contributed by atoms with van der Waals surface area (Å²) in [5.41, 5.74) is 2.55. The van der Waals surface area contributed by atoms with Gasteiger partial charge in [-0.05, 0) is 24.1 Å². The minimum absolute atomic E-state index is 0. The summed E-state index contributed by atoms with van der Waals surface area (Å²) >= 11 is 0. The summed E-state index contributed by atoms with van der Waals surface area (Å²) in [7, 11) is 0. The third-order valence-electron chi connectivity index (χ3n) is 3.81. The molecule has 0 radical (unpaired) electrons. The normalized spacial score (nSPS) is 16.1. The first-order valence-corrected chi connectivity index (χ1v) is 7.07. The maximum Gasteiger partial charge on any atom is 0.287 e. The molecule has 23 heavy (non-hydrogen) atoms. The number of aromatic nitrogens is 1. The second-order valence-electron chi connectivity index (χ2n) is 5.19. The van der Waals surface area contributed by atoms with E-state index in [1.54, 1.807) is 0 Å². The lowest BCUT2D eigenvalue weighted by Gasteiger charge is -2.27. The van der Waals surface area contributed by atoms with Gasteiger partial charge in [0.2, 0.25) is 0 Å². The fraction of sp³-hybridized carbons (Fsp3) is 0.267. The largest absolute Gasteiger partial charge is 0.351 e. The van der Waals surface area contributed by atoms with Crippen LogP contribution >= 0.6 is 12.4 Å². The smallest absolute Gasteiger partial charge is 0.287 e. The minimum atomic E-state index is -0.535. The molecule has 8 heteroatoms. The van der Waals surface area contributed by atoms with Gasteiger partial charge >= 0.3 is 0 Å². The number of carbonyl (C=O) groups excluding carboxylic acids is 1. The number of hydrogen-bond donors (Lipinski definition) is 3. The molecule has 0 saturated carbocycles. The predicted molar refractivity (Wildman–Crippen MR) is 87.9 cm³/mol. The van der Waals surface area contributed by atoms with Gasteiger partial charge in [0.1, 0.15) is 5.69 Å². The predicted octanol–water partition coefficient (Wildman–Crippen LogP) is 1.96. The van der Waals surface area contributed by atoms with E-state index in [4.69, 9.17) is 0 Å². The third-order valence-corrected chi connectivity index (χ3v) is 3.81. The van der Waals surface area contributed by atoms with Gasteiger partial charge < -0.3 is 15.6 Å². The molecule has 0 saturated heterocycles. The average Bonchev–Trinajstić information content (AvgIpc) is 3.03. The van der Waals surface area contributed by atoms with Crippen molar-refractivity contribution in [3.05, 3.63) is 63.5 Å².